The first-order valence-corrected chi connectivity index (χ1v) is 8.46. The Morgan fingerprint density at radius 1 is 1.05 bits per heavy atom. The Hall–Kier alpha value is -1.69. The summed E-state index contributed by atoms with van der Waals surface area (Å²) < 4.78 is 4.80. The van der Waals surface area contributed by atoms with Crippen LogP contribution in [0.2, 0.25) is 5.15 Å². The standard InChI is InChI=1S/C14H8ClN3S2/c15-13-14(19-20-18-13)16-8-5-6-12-10(7-8)9-3-1-2-4-11(9)17-12/h1-7,17H. The van der Waals surface area contributed by atoms with Crippen LogP contribution in [0.5, 0.6) is 0 Å². The van der Waals surface area contributed by atoms with E-state index in [1.165, 1.54) is 31.6 Å². The molecule has 0 fully saturated rings. The van der Waals surface area contributed by atoms with Gasteiger partial charge in [-0.25, -0.2) is 4.99 Å². The third kappa shape index (κ3) is 1.95. The van der Waals surface area contributed by atoms with Crippen LogP contribution >= 0.6 is 32.5 Å². The van der Waals surface area contributed by atoms with E-state index in [-0.39, 0.29) is 0 Å². The summed E-state index contributed by atoms with van der Waals surface area (Å²) in [6.07, 6.45) is 0. The molecule has 2 heterocycles. The minimum Gasteiger partial charge on any atom is -0.355 e. The number of rotatable bonds is 1. The van der Waals surface area contributed by atoms with Crippen molar-refractivity contribution in [3.63, 3.8) is 0 Å². The fraction of sp³-hybridized carbons (Fsp3) is 0. The molecule has 2 aromatic heterocycles. The van der Waals surface area contributed by atoms with Gasteiger partial charge in [0, 0.05) is 32.3 Å². The molecule has 20 heavy (non-hydrogen) atoms. The maximum Gasteiger partial charge on any atom is 0.179 e. The summed E-state index contributed by atoms with van der Waals surface area (Å²) in [7, 11) is 2.83. The average Bonchev–Trinajstić information content (AvgIpc) is 3.03. The van der Waals surface area contributed by atoms with E-state index in [2.05, 4.69) is 32.5 Å². The van der Waals surface area contributed by atoms with Crippen molar-refractivity contribution in [1.29, 1.82) is 0 Å². The van der Waals surface area contributed by atoms with Gasteiger partial charge in [0.15, 0.2) is 9.82 Å². The summed E-state index contributed by atoms with van der Waals surface area (Å²) in [6, 6.07) is 14.4. The minimum absolute atomic E-state index is 0.471. The number of hydrogen-bond donors (Lipinski definition) is 1. The Kier molecular flexibility index (Phi) is 2.84. The summed E-state index contributed by atoms with van der Waals surface area (Å²) in [5.74, 6) is 0. The Bertz CT molecular complexity index is 981. The van der Waals surface area contributed by atoms with E-state index >= 15 is 0 Å². The number of aromatic amines is 1. The highest BCUT2D eigenvalue weighted by Crippen LogP contribution is 2.28. The fourth-order valence-corrected chi connectivity index (χ4v) is 4.24. The first kappa shape index (κ1) is 12.1. The van der Waals surface area contributed by atoms with Crippen LogP contribution < -0.4 is 4.67 Å². The van der Waals surface area contributed by atoms with Crippen LogP contribution in [0.1, 0.15) is 0 Å². The Balaban J connectivity index is 1.99. The van der Waals surface area contributed by atoms with E-state index in [1.807, 2.05) is 24.3 Å². The highest BCUT2D eigenvalue weighted by molar-refractivity contribution is 7.66. The molecule has 0 aliphatic rings. The molecule has 0 unspecified atom stereocenters. The van der Waals surface area contributed by atoms with E-state index in [4.69, 9.17) is 11.6 Å². The fourth-order valence-electron chi connectivity index (χ4n) is 2.25. The maximum absolute atomic E-state index is 5.99. The van der Waals surface area contributed by atoms with Crippen molar-refractivity contribution >= 4 is 60.0 Å². The molecule has 4 rings (SSSR count). The topological polar surface area (TPSA) is 41.0 Å². The van der Waals surface area contributed by atoms with Crippen LogP contribution in [-0.4, -0.2) is 9.36 Å². The molecule has 0 saturated heterocycles. The molecule has 1 N–H and O–H groups in total. The predicted molar refractivity (Wildman–Crippen MR) is 86.0 cm³/mol. The molecule has 0 radical (unpaired) electrons. The summed E-state index contributed by atoms with van der Waals surface area (Å²) >= 11 is 5.99. The predicted octanol–water partition coefficient (Wildman–Crippen LogP) is 4.72. The van der Waals surface area contributed by atoms with Crippen LogP contribution in [0.4, 0.5) is 5.69 Å². The number of benzene rings is 2. The van der Waals surface area contributed by atoms with Crippen molar-refractivity contribution < 1.29 is 0 Å². The van der Waals surface area contributed by atoms with E-state index in [1.54, 1.807) is 0 Å². The number of para-hydroxylation sites is 1. The van der Waals surface area contributed by atoms with E-state index in [9.17, 15) is 0 Å². The van der Waals surface area contributed by atoms with Crippen LogP contribution in [0, 0.1) is 0 Å². The first-order valence-electron chi connectivity index (χ1n) is 5.98. The van der Waals surface area contributed by atoms with Crippen LogP contribution in [0.15, 0.2) is 47.5 Å². The number of fused-ring (bicyclic) bond motifs is 3. The largest absolute Gasteiger partial charge is 0.355 e. The van der Waals surface area contributed by atoms with Gasteiger partial charge in [-0.2, -0.15) is 4.37 Å². The molecule has 3 nitrogen and oxygen atoms in total. The van der Waals surface area contributed by atoms with Gasteiger partial charge in [-0.1, -0.05) is 29.8 Å². The summed E-state index contributed by atoms with van der Waals surface area (Å²) in [6.45, 7) is 0. The van der Waals surface area contributed by atoms with Crippen molar-refractivity contribution in [2.45, 2.75) is 0 Å². The van der Waals surface area contributed by atoms with Gasteiger partial charge in [-0.05, 0) is 34.6 Å². The zero-order valence-electron chi connectivity index (χ0n) is 10.1. The van der Waals surface area contributed by atoms with Crippen LogP contribution in [-0.2, 0) is 0 Å². The smallest absolute Gasteiger partial charge is 0.179 e. The van der Waals surface area contributed by atoms with Gasteiger partial charge in [0.25, 0.3) is 0 Å². The summed E-state index contributed by atoms with van der Waals surface area (Å²) in [5.41, 5.74) is 3.14. The summed E-state index contributed by atoms with van der Waals surface area (Å²) in [4.78, 5) is 7.96. The van der Waals surface area contributed by atoms with Gasteiger partial charge in [0.1, 0.15) is 0 Å². The third-order valence-electron chi connectivity index (χ3n) is 3.13. The molecule has 0 spiro atoms. The molecule has 0 aliphatic carbocycles. The average molecular weight is 318 g/mol. The molecule has 4 aromatic rings. The maximum atomic E-state index is 5.99. The van der Waals surface area contributed by atoms with E-state index in [0.29, 0.717) is 5.15 Å². The van der Waals surface area contributed by atoms with Gasteiger partial charge in [-0.15, -0.1) is 0 Å². The second-order valence-corrected chi connectivity index (χ2v) is 6.55. The van der Waals surface area contributed by atoms with Crippen molar-refractivity contribution in [3.8, 4) is 0 Å². The first-order chi connectivity index (χ1) is 9.81. The van der Waals surface area contributed by atoms with Gasteiger partial charge in [0.2, 0.25) is 0 Å². The monoisotopic (exact) mass is 317 g/mol. The van der Waals surface area contributed by atoms with Gasteiger partial charge in [0.05, 0.1) is 5.69 Å². The quantitative estimate of drug-likeness (QED) is 0.507. The summed E-state index contributed by atoms with van der Waals surface area (Å²) in [5, 5.41) is 2.85. The molecule has 2 aromatic carbocycles. The molecular formula is C14H8ClN3S2. The Morgan fingerprint density at radius 2 is 1.90 bits per heavy atom. The minimum atomic E-state index is 0.471. The van der Waals surface area contributed by atoms with E-state index in [0.717, 1.165) is 21.4 Å². The van der Waals surface area contributed by atoms with Crippen LogP contribution in [0.25, 0.3) is 21.8 Å². The highest BCUT2D eigenvalue weighted by Gasteiger charge is 2.04. The molecule has 98 valence electrons. The molecule has 0 saturated carbocycles. The molecule has 6 heteroatoms. The second kappa shape index (κ2) is 4.70. The number of aromatic nitrogens is 2. The second-order valence-electron chi connectivity index (χ2n) is 4.36. The van der Waals surface area contributed by atoms with Crippen molar-refractivity contribution in [3.05, 3.63) is 52.3 Å². The highest BCUT2D eigenvalue weighted by atomic mass is 35.5. The zero-order chi connectivity index (χ0) is 13.5. The lowest BCUT2D eigenvalue weighted by atomic mass is 10.1. The molecule has 0 amide bonds. The SMILES string of the molecule is Clc1nssc1=Nc1ccc2[nH]c3ccccc3c2c1. The Morgan fingerprint density at radius 3 is 2.75 bits per heavy atom. The number of nitrogens with one attached hydrogen (secondary N) is 1. The number of halogens is 1. The number of H-pyrrole nitrogens is 1. The zero-order valence-corrected chi connectivity index (χ0v) is 12.5. The number of nitrogens with zero attached hydrogens (tertiary/aromatic N) is 2. The van der Waals surface area contributed by atoms with Crippen molar-refractivity contribution in [2.24, 2.45) is 4.99 Å². The Labute approximate surface area is 126 Å². The van der Waals surface area contributed by atoms with Crippen molar-refractivity contribution in [2.75, 3.05) is 0 Å². The molecule has 0 aliphatic heterocycles. The van der Waals surface area contributed by atoms with Gasteiger partial charge >= 0.3 is 0 Å². The van der Waals surface area contributed by atoms with Gasteiger partial charge < -0.3 is 4.98 Å². The molecule has 0 bridgehead atoms. The number of hydrogen-bond acceptors (Lipinski definition) is 4. The van der Waals surface area contributed by atoms with Gasteiger partial charge in [-0.3, -0.25) is 0 Å². The third-order valence-corrected chi connectivity index (χ3v) is 5.30. The lowest BCUT2D eigenvalue weighted by Gasteiger charge is -1.94. The van der Waals surface area contributed by atoms with Crippen LogP contribution in [0.3, 0.4) is 0 Å². The van der Waals surface area contributed by atoms with Crippen molar-refractivity contribution in [1.82, 2.24) is 9.36 Å². The normalized spacial score (nSPS) is 12.6. The lowest BCUT2D eigenvalue weighted by Crippen LogP contribution is -1.92. The molecule has 0 atom stereocenters. The molecular weight excluding hydrogens is 310 g/mol. The van der Waals surface area contributed by atoms with E-state index < -0.39 is 0 Å². The lowest BCUT2D eigenvalue weighted by molar-refractivity contribution is 1.38.